The van der Waals surface area contributed by atoms with Gasteiger partial charge in [-0.1, -0.05) is 134 Å². The van der Waals surface area contributed by atoms with Gasteiger partial charge >= 0.3 is 27.6 Å². The topological polar surface area (TPSA) is 317 Å². The number of ether oxygens (including phenoxy) is 2. The highest BCUT2D eigenvalue weighted by molar-refractivity contribution is 7.47. The molecule has 1 fully saturated rings. The average Bonchev–Trinajstić information content (AvgIpc) is 3.25. The van der Waals surface area contributed by atoms with Gasteiger partial charge < -0.3 is 59.9 Å². The van der Waals surface area contributed by atoms with Gasteiger partial charge in [-0.2, -0.15) is 0 Å². The molecule has 0 spiro atoms. The lowest BCUT2D eigenvalue weighted by Crippen LogP contribution is -2.56. The van der Waals surface area contributed by atoms with E-state index in [2.05, 4.69) is 6.92 Å². The molecule has 21 heteroatoms. The molecular formula is C45H82O19P2. The van der Waals surface area contributed by atoms with Gasteiger partial charge in [0.15, 0.2) is 6.10 Å². The Morgan fingerprint density at radius 2 is 1.42 bits per heavy atom. The number of phosphoric ester groups is 2. The number of carbonyl (C=O) groups is 2. The normalized spacial score (nSPS) is 31.8. The van der Waals surface area contributed by atoms with Crippen molar-refractivity contribution in [1.82, 2.24) is 0 Å². The van der Waals surface area contributed by atoms with Crippen molar-refractivity contribution in [2.75, 3.05) is 13.2 Å². The standard InChI is InChI=1S/C45H82O19P2/c1-3-5-7-8-9-10-11-12-13-14-15-16-21-25-38(49)60-30-33-31-61-66(58,59)64-45-43(54)42(53)40(51)34(24-20-17-18-22-26-39(50)62-33)36(47)29-37(48)35(28-27-32(46)23-19-6-4-2)41(52)44(45)63-65(55,56)57/h17,20,27-28,32-37,40-48,51-54H,3-16,18-19,21-26,29-31H2,1-2H3,(H,58,59)(H2,55,56,57)/t32-,33+,34-,35-,36-,37+,40+,41+,42-,43+,44+,45-/m0/s1. The van der Waals surface area contributed by atoms with E-state index in [0.717, 1.165) is 44.6 Å². The van der Waals surface area contributed by atoms with Crippen LogP contribution in [0.3, 0.4) is 0 Å². The highest BCUT2D eigenvalue weighted by atomic mass is 31.2. The Balaban J connectivity index is 2.35. The number of hydrogen-bond acceptors (Lipinski definition) is 16. The lowest BCUT2D eigenvalue weighted by molar-refractivity contribution is -0.165. The van der Waals surface area contributed by atoms with Crippen LogP contribution < -0.4 is 0 Å². The molecule has 13 atom stereocenters. The summed E-state index contributed by atoms with van der Waals surface area (Å²) >= 11 is 0. The van der Waals surface area contributed by atoms with Crippen molar-refractivity contribution in [2.45, 2.75) is 223 Å². The van der Waals surface area contributed by atoms with E-state index in [9.17, 15) is 69.1 Å². The van der Waals surface area contributed by atoms with Crippen LogP contribution >= 0.6 is 15.6 Å². The number of hydrogen-bond donors (Lipinski definition) is 10. The second kappa shape index (κ2) is 33.0. The van der Waals surface area contributed by atoms with Crippen LogP contribution in [0.25, 0.3) is 0 Å². The largest absolute Gasteiger partial charge is 0.472 e. The summed E-state index contributed by atoms with van der Waals surface area (Å²) in [6, 6.07) is 0. The number of carbonyl (C=O) groups excluding carboxylic acids is 2. The van der Waals surface area contributed by atoms with Crippen molar-refractivity contribution in [1.29, 1.82) is 0 Å². The molecule has 2 rings (SSSR count). The zero-order valence-corrected chi connectivity index (χ0v) is 40.7. The first-order valence-corrected chi connectivity index (χ1v) is 27.2. The first-order chi connectivity index (χ1) is 31.3. The van der Waals surface area contributed by atoms with Gasteiger partial charge in [0.1, 0.15) is 31.0 Å². The molecule has 386 valence electrons. The van der Waals surface area contributed by atoms with Crippen LogP contribution in [0.2, 0.25) is 0 Å². The summed E-state index contributed by atoms with van der Waals surface area (Å²) in [5, 5.41) is 79.6. The minimum atomic E-state index is -5.76. The van der Waals surface area contributed by atoms with Gasteiger partial charge in [-0.25, -0.2) is 9.13 Å². The van der Waals surface area contributed by atoms with E-state index in [1.54, 1.807) is 6.08 Å². The molecule has 19 nitrogen and oxygen atoms in total. The molecule has 1 heterocycles. The van der Waals surface area contributed by atoms with Gasteiger partial charge in [0.2, 0.25) is 0 Å². The van der Waals surface area contributed by atoms with Gasteiger partial charge in [-0.15, -0.1) is 0 Å². The molecule has 1 saturated carbocycles. The number of fused-ring (bicyclic) bond motifs is 4. The Labute approximate surface area is 390 Å². The van der Waals surface area contributed by atoms with Crippen molar-refractivity contribution >= 4 is 27.6 Å². The summed E-state index contributed by atoms with van der Waals surface area (Å²) < 4.78 is 52.1. The van der Waals surface area contributed by atoms with E-state index in [4.69, 9.17) is 23.0 Å². The summed E-state index contributed by atoms with van der Waals surface area (Å²) in [5.74, 6) is -4.49. The monoisotopic (exact) mass is 988 g/mol. The zero-order valence-electron chi connectivity index (χ0n) is 39.0. The summed E-state index contributed by atoms with van der Waals surface area (Å²) in [6.07, 6.45) is 1.01. The molecule has 2 bridgehead atoms. The predicted molar refractivity (Wildman–Crippen MR) is 243 cm³/mol. The number of phosphoric acid groups is 2. The maximum absolute atomic E-state index is 13.7. The molecule has 1 aliphatic carbocycles. The van der Waals surface area contributed by atoms with Crippen molar-refractivity contribution in [3.63, 3.8) is 0 Å². The Morgan fingerprint density at radius 1 is 0.833 bits per heavy atom. The molecule has 66 heavy (non-hydrogen) atoms. The molecule has 0 aromatic rings. The quantitative estimate of drug-likeness (QED) is 0.0253. The lowest BCUT2D eigenvalue weighted by Gasteiger charge is -2.38. The summed E-state index contributed by atoms with van der Waals surface area (Å²) in [4.78, 5) is 56.6. The van der Waals surface area contributed by atoms with Crippen LogP contribution in [0.4, 0.5) is 0 Å². The van der Waals surface area contributed by atoms with Gasteiger partial charge in [0.25, 0.3) is 0 Å². The maximum atomic E-state index is 13.7. The minimum absolute atomic E-state index is 0.0604. The highest BCUT2D eigenvalue weighted by Gasteiger charge is 2.51. The summed E-state index contributed by atoms with van der Waals surface area (Å²) in [5.41, 5.74) is 0. The fraction of sp³-hybridized carbons (Fsp3) is 0.867. The Bertz CT molecular complexity index is 1490. The number of aliphatic hydroxyl groups is 7. The van der Waals surface area contributed by atoms with E-state index in [1.165, 1.54) is 63.5 Å². The molecule has 0 amide bonds. The van der Waals surface area contributed by atoms with Crippen LogP contribution in [0.15, 0.2) is 24.3 Å². The van der Waals surface area contributed by atoms with E-state index in [-0.39, 0.29) is 38.5 Å². The Morgan fingerprint density at radius 3 is 2.03 bits per heavy atom. The minimum Gasteiger partial charge on any atom is -0.462 e. The second-order valence-corrected chi connectivity index (χ2v) is 20.4. The van der Waals surface area contributed by atoms with Gasteiger partial charge in [-0.3, -0.25) is 23.2 Å². The molecule has 0 aromatic heterocycles. The smallest absolute Gasteiger partial charge is 0.462 e. The third-order valence-electron chi connectivity index (χ3n) is 12.1. The fourth-order valence-electron chi connectivity index (χ4n) is 8.19. The molecule has 1 aliphatic heterocycles. The second-order valence-electron chi connectivity index (χ2n) is 17.8. The SMILES string of the molecule is CCCCCCCCCCCCCCCC(=O)OC[C@@H]1COP(=O)(O)O[C@H]2[C@H](O)[C@@H](O)[C@H](O)[C@@H](CC=CCCCC(=O)O1)[C@@H](O)C[C@@H](O)[C@H](C=C[C@@H](O)CCCCC)[C@@H](O)[C@H]2OP(=O)(O)O. The molecule has 1 unspecified atom stereocenters. The summed E-state index contributed by atoms with van der Waals surface area (Å²) in [7, 11) is -11.4. The maximum Gasteiger partial charge on any atom is 0.472 e. The number of esters is 2. The molecular weight excluding hydrogens is 906 g/mol. The Hall–Kier alpha value is -1.64. The Kier molecular flexibility index (Phi) is 30.3. The molecule has 0 radical (unpaired) electrons. The van der Waals surface area contributed by atoms with Crippen LogP contribution in [0.1, 0.15) is 162 Å². The first kappa shape index (κ1) is 60.5. The van der Waals surface area contributed by atoms with Crippen LogP contribution in [-0.4, -0.2) is 137 Å². The zero-order chi connectivity index (χ0) is 49.1. The van der Waals surface area contributed by atoms with Crippen LogP contribution in [-0.2, 0) is 41.8 Å². The predicted octanol–water partition coefficient (Wildman–Crippen LogP) is 5.33. The molecule has 0 saturated heterocycles. The van der Waals surface area contributed by atoms with Crippen molar-refractivity contribution in [3.05, 3.63) is 24.3 Å². The molecule has 2 aliphatic rings. The highest BCUT2D eigenvalue weighted by Crippen LogP contribution is 2.50. The van der Waals surface area contributed by atoms with E-state index < -0.39 is 120 Å². The van der Waals surface area contributed by atoms with Gasteiger partial charge in [-0.05, 0) is 32.1 Å². The summed E-state index contributed by atoms with van der Waals surface area (Å²) in [6.45, 7) is 2.57. The van der Waals surface area contributed by atoms with Crippen LogP contribution in [0.5, 0.6) is 0 Å². The third-order valence-corrected chi connectivity index (χ3v) is 13.6. The molecule has 0 aromatic carbocycles. The van der Waals surface area contributed by atoms with Crippen molar-refractivity contribution in [2.24, 2.45) is 11.8 Å². The van der Waals surface area contributed by atoms with Crippen molar-refractivity contribution in [3.8, 4) is 0 Å². The number of cyclic esters (lactones) is 1. The van der Waals surface area contributed by atoms with Crippen molar-refractivity contribution < 1.29 is 92.2 Å². The average molecular weight is 989 g/mol. The van der Waals surface area contributed by atoms with E-state index in [1.807, 2.05) is 6.92 Å². The van der Waals surface area contributed by atoms with Gasteiger partial charge in [0.05, 0.1) is 37.1 Å². The molecule has 10 N–H and O–H groups in total. The third kappa shape index (κ3) is 24.8. The first-order valence-electron chi connectivity index (χ1n) is 24.1. The van der Waals surface area contributed by atoms with E-state index >= 15 is 0 Å². The number of allylic oxidation sites excluding steroid dienone is 2. The number of unbranched alkanes of at least 4 members (excludes halogenated alkanes) is 14. The lowest BCUT2D eigenvalue weighted by atomic mass is 9.83. The number of aliphatic hydroxyl groups excluding tert-OH is 7. The fourth-order valence-corrected chi connectivity index (χ4v) is 9.72. The number of rotatable bonds is 24. The van der Waals surface area contributed by atoms with Crippen LogP contribution in [0, 0.1) is 11.8 Å². The van der Waals surface area contributed by atoms with Gasteiger partial charge in [0, 0.05) is 31.1 Å². The van der Waals surface area contributed by atoms with E-state index in [0.29, 0.717) is 12.8 Å².